The quantitative estimate of drug-likeness (QED) is 0.427. The van der Waals surface area contributed by atoms with Crippen molar-refractivity contribution in [2.75, 3.05) is 39.4 Å². The maximum Gasteiger partial charge on any atom is 0.100 e. The summed E-state index contributed by atoms with van der Waals surface area (Å²) in [6, 6.07) is 0. The molecule has 0 aliphatic rings. The molecular weight excluding hydrogens is 290 g/mol. The molecule has 0 aliphatic carbocycles. The molecule has 0 aromatic rings. The minimum Gasteiger partial charge on any atom is -0.394 e. The lowest BCUT2D eigenvalue weighted by Crippen LogP contribution is -2.50. The maximum atomic E-state index is 8.17. The monoisotopic (exact) mass is 334 g/mol. The lowest BCUT2D eigenvalue weighted by Gasteiger charge is -2.39. The molecule has 142 valence electrons. The number of quaternary nitrogens is 1. The van der Waals surface area contributed by atoms with E-state index in [-0.39, 0.29) is 13.2 Å². The van der Waals surface area contributed by atoms with Crippen LogP contribution in [-0.4, -0.2) is 65.3 Å². The van der Waals surface area contributed by atoms with Crippen molar-refractivity contribution < 1.29 is 19.8 Å². The standard InChI is InChI=1S/C16H36N.C3H8O3/c1-5-9-13-17(14-10-6-2,15-11-7-3)16-12-8-4;4-1-3(6)2-5/h5-16H2,1-4H3;3-6H,1-2H2/q+1;. The van der Waals surface area contributed by atoms with Crippen LogP contribution in [0, 0.1) is 0 Å². The first kappa shape index (κ1) is 25.1. The molecule has 4 nitrogen and oxygen atoms in total. The topological polar surface area (TPSA) is 60.7 Å². The smallest absolute Gasteiger partial charge is 0.100 e. The van der Waals surface area contributed by atoms with Gasteiger partial charge in [0.25, 0.3) is 0 Å². The van der Waals surface area contributed by atoms with Crippen molar-refractivity contribution in [2.45, 2.75) is 85.2 Å². The van der Waals surface area contributed by atoms with E-state index in [1.165, 1.54) is 82.0 Å². The van der Waals surface area contributed by atoms with Crippen LogP contribution in [0.1, 0.15) is 79.1 Å². The van der Waals surface area contributed by atoms with Crippen LogP contribution >= 0.6 is 0 Å². The molecule has 0 unspecified atom stereocenters. The number of unbranched alkanes of at least 4 members (excludes halogenated alkanes) is 4. The number of rotatable bonds is 14. The van der Waals surface area contributed by atoms with Gasteiger partial charge in [-0.15, -0.1) is 0 Å². The fourth-order valence-electron chi connectivity index (χ4n) is 2.70. The minimum absolute atomic E-state index is 0.365. The second-order valence-electron chi connectivity index (χ2n) is 6.67. The Hall–Kier alpha value is -0.160. The molecule has 0 aromatic carbocycles. The molecule has 0 saturated carbocycles. The average molecular weight is 335 g/mol. The van der Waals surface area contributed by atoms with Gasteiger partial charge in [0, 0.05) is 0 Å². The van der Waals surface area contributed by atoms with E-state index in [4.69, 9.17) is 15.3 Å². The van der Waals surface area contributed by atoms with E-state index in [0.717, 1.165) is 0 Å². The number of hydrogen-bond acceptors (Lipinski definition) is 3. The third-order valence-electron chi connectivity index (χ3n) is 4.37. The summed E-state index contributed by atoms with van der Waals surface area (Å²) in [5, 5.41) is 24.0. The summed E-state index contributed by atoms with van der Waals surface area (Å²) < 4.78 is 1.42. The zero-order chi connectivity index (χ0) is 18.0. The highest BCUT2D eigenvalue weighted by atomic mass is 16.3. The lowest BCUT2D eigenvalue weighted by atomic mass is 10.1. The molecule has 0 radical (unpaired) electrons. The van der Waals surface area contributed by atoms with Gasteiger partial charge in [-0.3, -0.25) is 0 Å². The highest BCUT2D eigenvalue weighted by Crippen LogP contribution is 2.16. The predicted octanol–water partition coefficient (Wildman–Crippen LogP) is 3.34. The van der Waals surface area contributed by atoms with Gasteiger partial charge in [-0.2, -0.15) is 0 Å². The molecule has 0 bridgehead atoms. The molecule has 0 saturated heterocycles. The van der Waals surface area contributed by atoms with Gasteiger partial charge in [0.1, 0.15) is 6.10 Å². The Kier molecular flexibility index (Phi) is 19.8. The molecule has 0 aliphatic heterocycles. The number of aliphatic hydroxyl groups is 3. The molecule has 0 aromatic heterocycles. The Bertz CT molecular complexity index is 183. The van der Waals surface area contributed by atoms with Crippen molar-refractivity contribution >= 4 is 0 Å². The van der Waals surface area contributed by atoms with Gasteiger partial charge >= 0.3 is 0 Å². The summed E-state index contributed by atoms with van der Waals surface area (Å²) in [6.45, 7) is 14.3. The highest BCUT2D eigenvalue weighted by Gasteiger charge is 2.24. The van der Waals surface area contributed by atoms with Crippen molar-refractivity contribution in [1.29, 1.82) is 0 Å². The lowest BCUT2D eigenvalue weighted by molar-refractivity contribution is -0.929. The molecule has 0 atom stereocenters. The maximum absolute atomic E-state index is 8.17. The zero-order valence-corrected chi connectivity index (χ0v) is 16.3. The van der Waals surface area contributed by atoms with Crippen LogP contribution < -0.4 is 0 Å². The van der Waals surface area contributed by atoms with Gasteiger partial charge in [-0.25, -0.2) is 0 Å². The molecule has 0 amide bonds. The summed E-state index contributed by atoms with van der Waals surface area (Å²) in [5.74, 6) is 0. The highest BCUT2D eigenvalue weighted by molar-refractivity contribution is 4.49. The van der Waals surface area contributed by atoms with Crippen LogP contribution in [0.4, 0.5) is 0 Å². The van der Waals surface area contributed by atoms with E-state index in [0.29, 0.717) is 0 Å². The van der Waals surface area contributed by atoms with Crippen LogP contribution in [-0.2, 0) is 0 Å². The number of nitrogens with zero attached hydrogens (tertiary/aromatic N) is 1. The summed E-state index contributed by atoms with van der Waals surface area (Å²) >= 11 is 0. The van der Waals surface area contributed by atoms with E-state index in [1.54, 1.807) is 0 Å². The van der Waals surface area contributed by atoms with Gasteiger partial charge in [0.05, 0.1) is 39.4 Å². The average Bonchev–Trinajstić information content (AvgIpc) is 2.60. The zero-order valence-electron chi connectivity index (χ0n) is 16.3. The normalized spacial score (nSPS) is 11.5. The fraction of sp³-hybridized carbons (Fsp3) is 1.00. The molecule has 0 spiro atoms. The fourth-order valence-corrected chi connectivity index (χ4v) is 2.70. The minimum atomic E-state index is -0.954. The summed E-state index contributed by atoms with van der Waals surface area (Å²) in [7, 11) is 0. The van der Waals surface area contributed by atoms with E-state index in [1.807, 2.05) is 0 Å². The first-order valence-corrected chi connectivity index (χ1v) is 9.80. The number of hydrogen-bond donors (Lipinski definition) is 3. The predicted molar refractivity (Wildman–Crippen MR) is 99.5 cm³/mol. The van der Waals surface area contributed by atoms with E-state index in [9.17, 15) is 0 Å². The molecular formula is C19H44NO3+. The Labute approximate surface area is 145 Å². The largest absolute Gasteiger partial charge is 0.394 e. The summed E-state index contributed by atoms with van der Waals surface area (Å²) in [4.78, 5) is 0. The van der Waals surface area contributed by atoms with E-state index in [2.05, 4.69) is 27.7 Å². The van der Waals surface area contributed by atoms with Crippen LogP contribution in [0.25, 0.3) is 0 Å². The first-order chi connectivity index (χ1) is 11.1. The third kappa shape index (κ3) is 15.1. The van der Waals surface area contributed by atoms with Gasteiger partial charge in [-0.05, 0) is 25.7 Å². The van der Waals surface area contributed by atoms with Crippen molar-refractivity contribution in [3.8, 4) is 0 Å². The van der Waals surface area contributed by atoms with Gasteiger partial charge in [0.2, 0.25) is 0 Å². The van der Waals surface area contributed by atoms with Crippen LogP contribution in [0.2, 0.25) is 0 Å². The Morgan fingerprint density at radius 1 is 0.609 bits per heavy atom. The Morgan fingerprint density at radius 3 is 1.00 bits per heavy atom. The van der Waals surface area contributed by atoms with Crippen LogP contribution in [0.15, 0.2) is 0 Å². The number of aliphatic hydroxyl groups excluding tert-OH is 3. The Balaban J connectivity index is 0. The first-order valence-electron chi connectivity index (χ1n) is 9.80. The molecule has 4 heteroatoms. The van der Waals surface area contributed by atoms with Crippen molar-refractivity contribution in [1.82, 2.24) is 0 Å². The molecule has 0 rings (SSSR count). The molecule has 23 heavy (non-hydrogen) atoms. The Morgan fingerprint density at radius 2 is 0.870 bits per heavy atom. The van der Waals surface area contributed by atoms with Gasteiger partial charge < -0.3 is 19.8 Å². The third-order valence-corrected chi connectivity index (χ3v) is 4.37. The molecule has 0 fully saturated rings. The second-order valence-corrected chi connectivity index (χ2v) is 6.67. The summed E-state index contributed by atoms with van der Waals surface area (Å²) in [6.07, 6.45) is 10.1. The van der Waals surface area contributed by atoms with Crippen molar-refractivity contribution in [2.24, 2.45) is 0 Å². The van der Waals surface area contributed by atoms with Gasteiger partial charge in [0.15, 0.2) is 0 Å². The van der Waals surface area contributed by atoms with Crippen LogP contribution in [0.5, 0.6) is 0 Å². The van der Waals surface area contributed by atoms with E-state index < -0.39 is 6.10 Å². The van der Waals surface area contributed by atoms with E-state index >= 15 is 0 Å². The molecule has 3 N–H and O–H groups in total. The van der Waals surface area contributed by atoms with Gasteiger partial charge in [-0.1, -0.05) is 53.4 Å². The SMILES string of the molecule is CCCC[N+](CCCC)(CCCC)CCCC.OCC(O)CO. The van der Waals surface area contributed by atoms with Crippen molar-refractivity contribution in [3.63, 3.8) is 0 Å². The van der Waals surface area contributed by atoms with Crippen LogP contribution in [0.3, 0.4) is 0 Å². The molecule has 0 heterocycles. The summed E-state index contributed by atoms with van der Waals surface area (Å²) in [5.41, 5.74) is 0. The second kappa shape index (κ2) is 18.2. The van der Waals surface area contributed by atoms with Crippen molar-refractivity contribution in [3.05, 3.63) is 0 Å².